The number of hydrogen-bond acceptors (Lipinski definition) is 7. The van der Waals surface area contributed by atoms with Crippen LogP contribution in [0.15, 0.2) is 11.7 Å². The van der Waals surface area contributed by atoms with Crippen LogP contribution in [-0.4, -0.2) is 108 Å². The number of amides is 3. The summed E-state index contributed by atoms with van der Waals surface area (Å²) in [6.45, 7) is 1.98. The van der Waals surface area contributed by atoms with E-state index in [1.807, 2.05) is 23.3 Å². The van der Waals surface area contributed by atoms with Crippen LogP contribution in [-0.2, 0) is 14.4 Å². The highest BCUT2D eigenvalue weighted by atomic mass is 16.4. The summed E-state index contributed by atoms with van der Waals surface area (Å²) in [6, 6.07) is -1.82. The van der Waals surface area contributed by atoms with E-state index < -0.39 is 24.0 Å². The molecule has 32 heavy (non-hydrogen) atoms. The Balaban J connectivity index is 2.27. The lowest BCUT2D eigenvalue weighted by atomic mass is 9.89. The Kier molecular flexibility index (Phi) is 12.2. The van der Waals surface area contributed by atoms with Gasteiger partial charge in [0.25, 0.3) is 0 Å². The van der Waals surface area contributed by atoms with Crippen molar-refractivity contribution in [3.63, 3.8) is 0 Å². The van der Waals surface area contributed by atoms with Gasteiger partial charge in [0.05, 0.1) is 0 Å². The predicted molar refractivity (Wildman–Crippen MR) is 116 cm³/mol. The SMILES string of the molecule is CN(CCCN1C=C([B]O)CN1C)C(=O)CCC[C@H](NC(=O)NCCCC(=O)O)C(=O)O. The van der Waals surface area contributed by atoms with Crippen LogP contribution in [0, 0.1) is 0 Å². The van der Waals surface area contributed by atoms with Crippen LogP contribution in [0.3, 0.4) is 0 Å². The largest absolute Gasteiger partial charge is 0.481 e. The van der Waals surface area contributed by atoms with Crippen molar-refractivity contribution in [3.05, 3.63) is 11.7 Å². The van der Waals surface area contributed by atoms with Gasteiger partial charge >= 0.3 is 25.5 Å². The average Bonchev–Trinajstić information content (AvgIpc) is 3.09. The van der Waals surface area contributed by atoms with E-state index in [9.17, 15) is 24.3 Å². The van der Waals surface area contributed by atoms with Crippen LogP contribution >= 0.6 is 0 Å². The summed E-state index contributed by atoms with van der Waals surface area (Å²) < 4.78 is 0. The third-order valence-electron chi connectivity index (χ3n) is 4.98. The Morgan fingerprint density at radius 3 is 2.50 bits per heavy atom. The van der Waals surface area contributed by atoms with Gasteiger partial charge in [-0.1, -0.05) is 0 Å². The van der Waals surface area contributed by atoms with E-state index in [2.05, 4.69) is 10.6 Å². The first-order valence-corrected chi connectivity index (χ1v) is 10.5. The summed E-state index contributed by atoms with van der Waals surface area (Å²) in [5.41, 5.74) is 0.812. The van der Waals surface area contributed by atoms with E-state index in [1.165, 1.54) is 0 Å². The Morgan fingerprint density at radius 2 is 1.91 bits per heavy atom. The molecule has 1 aliphatic rings. The molecule has 3 amide bonds. The number of nitrogens with zero attached hydrogens (tertiary/aromatic N) is 3. The number of nitrogens with one attached hydrogen (secondary N) is 2. The van der Waals surface area contributed by atoms with Crippen LogP contribution in [0.4, 0.5) is 4.79 Å². The monoisotopic (exact) mass is 454 g/mol. The van der Waals surface area contributed by atoms with E-state index in [0.717, 1.165) is 19.4 Å². The van der Waals surface area contributed by atoms with Crippen molar-refractivity contribution >= 4 is 31.4 Å². The third kappa shape index (κ3) is 10.5. The first-order chi connectivity index (χ1) is 15.1. The number of likely N-dealkylation sites (N-methyl/N-ethyl adjacent to an activating group) is 1. The molecule has 0 unspecified atom stereocenters. The second-order valence-electron chi connectivity index (χ2n) is 7.66. The first-order valence-electron chi connectivity index (χ1n) is 10.5. The van der Waals surface area contributed by atoms with E-state index in [1.54, 1.807) is 11.9 Å². The van der Waals surface area contributed by atoms with Crippen LogP contribution in [0.25, 0.3) is 0 Å². The summed E-state index contributed by atoms with van der Waals surface area (Å²) in [5.74, 6) is -2.28. The van der Waals surface area contributed by atoms with Crippen molar-refractivity contribution < 1.29 is 34.4 Å². The zero-order chi connectivity index (χ0) is 24.1. The zero-order valence-corrected chi connectivity index (χ0v) is 18.6. The molecule has 0 bridgehead atoms. The van der Waals surface area contributed by atoms with Gasteiger partial charge in [0.15, 0.2) is 0 Å². The number of carboxylic acids is 2. The normalized spacial score (nSPS) is 14.5. The lowest BCUT2D eigenvalue weighted by molar-refractivity contribution is -0.140. The van der Waals surface area contributed by atoms with Crippen molar-refractivity contribution in [2.75, 3.05) is 40.3 Å². The minimum atomic E-state index is -1.20. The van der Waals surface area contributed by atoms with Crippen LogP contribution < -0.4 is 10.6 Å². The number of aliphatic carboxylic acids is 2. The summed E-state index contributed by atoms with van der Waals surface area (Å²) in [4.78, 5) is 47.4. The minimum Gasteiger partial charge on any atom is -0.481 e. The van der Waals surface area contributed by atoms with Gasteiger partial charge in [0, 0.05) is 59.3 Å². The minimum absolute atomic E-state index is 0.0913. The number of hydrazine groups is 1. The van der Waals surface area contributed by atoms with Crippen molar-refractivity contribution in [1.29, 1.82) is 0 Å². The molecule has 0 fully saturated rings. The fourth-order valence-electron chi connectivity index (χ4n) is 3.15. The molecule has 0 aromatic heterocycles. The maximum Gasteiger partial charge on any atom is 0.326 e. The Hall–Kier alpha value is -2.80. The first kappa shape index (κ1) is 27.2. The topological polar surface area (TPSA) is 163 Å². The van der Waals surface area contributed by atoms with Crippen LogP contribution in [0.1, 0.15) is 38.5 Å². The molecule has 179 valence electrons. The van der Waals surface area contributed by atoms with Gasteiger partial charge in [-0.2, -0.15) is 0 Å². The summed E-state index contributed by atoms with van der Waals surface area (Å²) in [6.07, 6.45) is 3.29. The van der Waals surface area contributed by atoms with Crippen molar-refractivity contribution in [2.45, 2.75) is 44.6 Å². The van der Waals surface area contributed by atoms with E-state index >= 15 is 0 Å². The number of rotatable bonds is 15. The number of carbonyl (C=O) groups is 4. The molecular weight excluding hydrogens is 421 g/mol. The van der Waals surface area contributed by atoms with Crippen molar-refractivity contribution in [3.8, 4) is 0 Å². The summed E-state index contributed by atoms with van der Waals surface area (Å²) >= 11 is 0. The zero-order valence-electron chi connectivity index (χ0n) is 18.6. The smallest absolute Gasteiger partial charge is 0.326 e. The molecule has 0 spiro atoms. The lowest BCUT2D eigenvalue weighted by Crippen LogP contribution is -2.46. The molecule has 1 atom stereocenters. The molecule has 1 rings (SSSR count). The highest BCUT2D eigenvalue weighted by Gasteiger charge is 2.21. The lowest BCUT2D eigenvalue weighted by Gasteiger charge is -2.26. The van der Waals surface area contributed by atoms with Gasteiger partial charge in [0.1, 0.15) is 6.04 Å². The summed E-state index contributed by atoms with van der Waals surface area (Å²) in [5, 5.41) is 35.6. The van der Waals surface area contributed by atoms with Gasteiger partial charge in [-0.15, -0.1) is 0 Å². The van der Waals surface area contributed by atoms with Gasteiger partial charge in [-0.3, -0.25) is 9.59 Å². The molecule has 0 aliphatic carbocycles. The molecule has 12 nitrogen and oxygen atoms in total. The molecule has 0 saturated carbocycles. The Labute approximate surface area is 188 Å². The average molecular weight is 454 g/mol. The quantitative estimate of drug-likeness (QED) is 0.158. The molecule has 0 aromatic carbocycles. The number of carboxylic acid groups (broad SMARTS) is 2. The summed E-state index contributed by atoms with van der Waals surface area (Å²) in [7, 11) is 4.68. The second kappa shape index (κ2) is 14.3. The number of carbonyl (C=O) groups excluding carboxylic acids is 2. The Morgan fingerprint density at radius 1 is 1.19 bits per heavy atom. The fourth-order valence-corrected chi connectivity index (χ4v) is 3.15. The highest BCUT2D eigenvalue weighted by molar-refractivity contribution is 6.36. The second-order valence-corrected chi connectivity index (χ2v) is 7.66. The molecule has 1 radical (unpaired) electrons. The van der Waals surface area contributed by atoms with E-state index in [4.69, 9.17) is 10.1 Å². The molecule has 5 N–H and O–H groups in total. The molecule has 13 heteroatoms. The van der Waals surface area contributed by atoms with Crippen molar-refractivity contribution in [1.82, 2.24) is 25.6 Å². The molecule has 1 heterocycles. The van der Waals surface area contributed by atoms with Crippen LogP contribution in [0.5, 0.6) is 0 Å². The molecule has 1 aliphatic heterocycles. The maximum atomic E-state index is 12.3. The fraction of sp³-hybridized carbons (Fsp3) is 0.684. The maximum absolute atomic E-state index is 12.3. The van der Waals surface area contributed by atoms with Gasteiger partial charge in [-0.25, -0.2) is 14.6 Å². The third-order valence-corrected chi connectivity index (χ3v) is 4.98. The van der Waals surface area contributed by atoms with Gasteiger partial charge in [-0.05, 0) is 31.2 Å². The van der Waals surface area contributed by atoms with E-state index in [0.29, 0.717) is 26.1 Å². The molecule has 0 aromatic rings. The van der Waals surface area contributed by atoms with Gasteiger partial charge < -0.3 is 35.8 Å². The van der Waals surface area contributed by atoms with Gasteiger partial charge in [0.2, 0.25) is 5.91 Å². The Bertz CT molecular complexity index is 691. The number of hydrogen-bond donors (Lipinski definition) is 5. The standard InChI is InChI=1S/C19H33BN5O7/c1-23(10-5-11-25-13-14(20-32)12-24(25)2)16(26)7-3-6-15(18(29)30)22-19(31)21-9-4-8-17(27)28/h13,15,32H,3-12H2,1-2H3,(H,27,28)(H,29,30)(H2,21,22,31)/t15-/m0/s1. The highest BCUT2D eigenvalue weighted by Crippen LogP contribution is 2.12. The van der Waals surface area contributed by atoms with Crippen LogP contribution in [0.2, 0.25) is 0 Å². The molecular formula is C19H33BN5O7. The molecule has 0 saturated heterocycles. The predicted octanol–water partition coefficient (Wildman–Crippen LogP) is -0.762. The van der Waals surface area contributed by atoms with Crippen molar-refractivity contribution in [2.24, 2.45) is 0 Å². The number of urea groups is 1. The van der Waals surface area contributed by atoms with E-state index in [-0.39, 0.29) is 38.1 Å².